The van der Waals surface area contributed by atoms with Gasteiger partial charge in [0.1, 0.15) is 23.3 Å². The highest BCUT2D eigenvalue weighted by Gasteiger charge is 2.37. The number of methoxy groups -OCH3 is 2. The van der Waals surface area contributed by atoms with Crippen LogP contribution in [0.25, 0.3) is 0 Å². The number of ether oxygens (including phenoxy) is 2. The standard InChI is InChI=1S/C29H35ClN4O6/c1-7-29(3,4)32-28(37)27(20-10-8-9-11-21(20)30)34(22-17-19(38-5)12-13-23(22)39-6)26(36)15-14-25(35)31-24-16-18(2)40-33-24/h8-13,16-17,27H,7,14-15H2,1-6H3,(H,32,37)(H,31,33,35)/t27-/m1/s1. The molecule has 0 spiro atoms. The molecule has 1 aromatic heterocycles. The largest absolute Gasteiger partial charge is 0.497 e. The lowest BCUT2D eigenvalue weighted by atomic mass is 9.97. The van der Waals surface area contributed by atoms with Crippen molar-refractivity contribution < 1.29 is 28.4 Å². The Hall–Kier alpha value is -4.05. The number of nitrogens with zero attached hydrogens (tertiary/aromatic N) is 2. The Labute approximate surface area is 238 Å². The fourth-order valence-corrected chi connectivity index (χ4v) is 4.20. The summed E-state index contributed by atoms with van der Waals surface area (Å²) in [6.45, 7) is 7.44. The van der Waals surface area contributed by atoms with Crippen molar-refractivity contribution in [3.63, 3.8) is 0 Å². The van der Waals surface area contributed by atoms with Gasteiger partial charge in [-0.15, -0.1) is 0 Å². The van der Waals surface area contributed by atoms with Crippen molar-refractivity contribution in [3.8, 4) is 11.5 Å². The van der Waals surface area contributed by atoms with Crippen molar-refractivity contribution in [2.45, 2.75) is 58.5 Å². The average molecular weight is 571 g/mol. The normalized spacial score (nSPS) is 11.9. The Kier molecular flexibility index (Phi) is 10.2. The van der Waals surface area contributed by atoms with E-state index in [0.717, 1.165) is 0 Å². The lowest BCUT2D eigenvalue weighted by Gasteiger charge is -2.35. The maximum atomic E-state index is 14.0. The van der Waals surface area contributed by atoms with Crippen LogP contribution < -0.4 is 25.0 Å². The highest BCUT2D eigenvalue weighted by molar-refractivity contribution is 6.31. The molecule has 3 aromatic rings. The van der Waals surface area contributed by atoms with Crippen molar-refractivity contribution in [1.29, 1.82) is 0 Å². The summed E-state index contributed by atoms with van der Waals surface area (Å²) in [4.78, 5) is 42.0. The van der Waals surface area contributed by atoms with Crippen molar-refractivity contribution in [2.75, 3.05) is 24.4 Å². The lowest BCUT2D eigenvalue weighted by Crippen LogP contribution is -2.50. The second kappa shape index (κ2) is 13.3. The van der Waals surface area contributed by atoms with E-state index in [1.54, 1.807) is 55.5 Å². The topological polar surface area (TPSA) is 123 Å². The maximum Gasteiger partial charge on any atom is 0.248 e. The molecule has 40 heavy (non-hydrogen) atoms. The summed E-state index contributed by atoms with van der Waals surface area (Å²) in [5.41, 5.74) is 0.127. The third-order valence-electron chi connectivity index (χ3n) is 6.43. The number of aromatic nitrogens is 1. The van der Waals surface area contributed by atoms with E-state index in [1.165, 1.54) is 19.1 Å². The highest BCUT2D eigenvalue weighted by Crippen LogP contribution is 2.40. The van der Waals surface area contributed by atoms with Crippen molar-refractivity contribution >= 4 is 40.8 Å². The quantitative estimate of drug-likeness (QED) is 0.297. The van der Waals surface area contributed by atoms with E-state index < -0.39 is 29.3 Å². The molecule has 0 fully saturated rings. The number of carbonyl (C=O) groups excluding carboxylic acids is 3. The molecular weight excluding hydrogens is 536 g/mol. The monoisotopic (exact) mass is 570 g/mol. The molecule has 11 heteroatoms. The molecule has 0 aliphatic rings. The Morgan fingerprint density at radius 1 is 1.07 bits per heavy atom. The predicted molar refractivity (Wildman–Crippen MR) is 153 cm³/mol. The van der Waals surface area contributed by atoms with Gasteiger partial charge in [0.25, 0.3) is 0 Å². The van der Waals surface area contributed by atoms with Gasteiger partial charge in [0.05, 0.1) is 19.9 Å². The van der Waals surface area contributed by atoms with Gasteiger partial charge in [-0.2, -0.15) is 0 Å². The Morgan fingerprint density at radius 3 is 2.40 bits per heavy atom. The molecule has 0 unspecified atom stereocenters. The molecule has 0 aliphatic carbocycles. The first-order valence-electron chi connectivity index (χ1n) is 12.8. The Morgan fingerprint density at radius 2 is 1.80 bits per heavy atom. The minimum atomic E-state index is -1.19. The fraction of sp³-hybridized carbons (Fsp3) is 0.379. The molecule has 0 radical (unpaired) electrons. The van der Waals surface area contributed by atoms with Crippen LogP contribution in [0.2, 0.25) is 5.02 Å². The average Bonchev–Trinajstić information content (AvgIpc) is 3.34. The Balaban J connectivity index is 2.09. The zero-order valence-electron chi connectivity index (χ0n) is 23.5. The number of anilines is 2. The minimum absolute atomic E-state index is 0.176. The third kappa shape index (κ3) is 7.53. The van der Waals surface area contributed by atoms with Gasteiger partial charge in [-0.1, -0.05) is 41.9 Å². The first kappa shape index (κ1) is 30.5. The molecule has 0 bridgehead atoms. The summed E-state index contributed by atoms with van der Waals surface area (Å²) in [6, 6.07) is 12.1. The smallest absolute Gasteiger partial charge is 0.248 e. The van der Waals surface area contributed by atoms with Gasteiger partial charge in [-0.05, 0) is 45.4 Å². The lowest BCUT2D eigenvalue weighted by molar-refractivity contribution is -0.128. The molecule has 10 nitrogen and oxygen atoms in total. The zero-order chi connectivity index (χ0) is 29.4. The number of nitrogens with one attached hydrogen (secondary N) is 2. The summed E-state index contributed by atoms with van der Waals surface area (Å²) >= 11 is 6.60. The molecule has 3 rings (SSSR count). The van der Waals surface area contributed by atoms with Crippen LogP contribution >= 0.6 is 11.6 Å². The van der Waals surface area contributed by atoms with Gasteiger partial charge >= 0.3 is 0 Å². The molecule has 0 aliphatic heterocycles. The van der Waals surface area contributed by atoms with Gasteiger partial charge in [-0.25, -0.2) is 0 Å². The Bertz CT molecular complexity index is 1360. The second-order valence-corrected chi connectivity index (χ2v) is 10.2. The van der Waals surface area contributed by atoms with Gasteiger partial charge in [0.2, 0.25) is 17.7 Å². The first-order chi connectivity index (χ1) is 19.0. The summed E-state index contributed by atoms with van der Waals surface area (Å²) in [5.74, 6) is 0.164. The number of halogens is 1. The van der Waals surface area contributed by atoms with Gasteiger partial charge in [0, 0.05) is 41.1 Å². The van der Waals surface area contributed by atoms with Crippen LogP contribution in [-0.2, 0) is 14.4 Å². The highest BCUT2D eigenvalue weighted by atomic mass is 35.5. The van der Waals surface area contributed by atoms with Crippen LogP contribution in [0, 0.1) is 6.92 Å². The van der Waals surface area contributed by atoms with Gasteiger partial charge in [0.15, 0.2) is 5.82 Å². The summed E-state index contributed by atoms with van der Waals surface area (Å²) in [6.07, 6.45) is 0.241. The van der Waals surface area contributed by atoms with Gasteiger partial charge < -0.3 is 24.6 Å². The molecule has 2 aromatic carbocycles. The number of aryl methyl sites for hydroxylation is 1. The van der Waals surface area contributed by atoms with E-state index in [2.05, 4.69) is 15.8 Å². The predicted octanol–water partition coefficient (Wildman–Crippen LogP) is 5.45. The number of rotatable bonds is 12. The molecule has 1 atom stereocenters. The maximum absolute atomic E-state index is 14.0. The number of benzene rings is 2. The number of carbonyl (C=O) groups is 3. The SMILES string of the molecule is CCC(C)(C)NC(=O)[C@@H](c1ccccc1Cl)N(C(=O)CCC(=O)Nc1cc(C)on1)c1cc(OC)ccc1OC. The molecule has 0 saturated heterocycles. The number of amides is 3. The van der Waals surface area contributed by atoms with Crippen molar-refractivity contribution in [1.82, 2.24) is 10.5 Å². The van der Waals surface area contributed by atoms with Crippen LogP contribution in [0.15, 0.2) is 53.1 Å². The van der Waals surface area contributed by atoms with Crippen molar-refractivity contribution in [3.05, 3.63) is 64.9 Å². The van der Waals surface area contributed by atoms with Crippen LogP contribution in [0.1, 0.15) is 57.4 Å². The molecule has 0 saturated carbocycles. The number of hydrogen-bond donors (Lipinski definition) is 2. The first-order valence-corrected chi connectivity index (χ1v) is 13.2. The van der Waals surface area contributed by atoms with Crippen molar-refractivity contribution in [2.24, 2.45) is 0 Å². The molecular formula is C29H35ClN4O6. The van der Waals surface area contributed by atoms with Crippen LogP contribution in [0.4, 0.5) is 11.5 Å². The molecule has 3 amide bonds. The van der Waals surface area contributed by atoms with Crippen LogP contribution in [0.5, 0.6) is 11.5 Å². The van der Waals surface area contributed by atoms with Crippen LogP contribution in [-0.4, -0.2) is 42.6 Å². The van der Waals surface area contributed by atoms with Crippen LogP contribution in [0.3, 0.4) is 0 Å². The molecule has 1 heterocycles. The minimum Gasteiger partial charge on any atom is -0.497 e. The van der Waals surface area contributed by atoms with E-state index in [4.69, 9.17) is 25.6 Å². The van der Waals surface area contributed by atoms with E-state index in [1.807, 2.05) is 20.8 Å². The van der Waals surface area contributed by atoms with E-state index >= 15 is 0 Å². The van der Waals surface area contributed by atoms with Gasteiger partial charge in [-0.3, -0.25) is 19.3 Å². The second-order valence-electron chi connectivity index (χ2n) is 9.82. The summed E-state index contributed by atoms with van der Waals surface area (Å²) in [7, 11) is 2.96. The summed E-state index contributed by atoms with van der Waals surface area (Å²) < 4.78 is 16.0. The fourth-order valence-electron chi connectivity index (χ4n) is 3.96. The zero-order valence-corrected chi connectivity index (χ0v) is 24.3. The van der Waals surface area contributed by atoms with E-state index in [9.17, 15) is 14.4 Å². The number of hydrogen-bond acceptors (Lipinski definition) is 7. The molecule has 214 valence electrons. The molecule has 2 N–H and O–H groups in total. The summed E-state index contributed by atoms with van der Waals surface area (Å²) in [5, 5.41) is 9.70. The third-order valence-corrected chi connectivity index (χ3v) is 6.77. The van der Waals surface area contributed by atoms with E-state index in [0.29, 0.717) is 34.3 Å². The van der Waals surface area contributed by atoms with E-state index in [-0.39, 0.29) is 24.3 Å².